The third-order valence-corrected chi connectivity index (χ3v) is 4.96. The van der Waals surface area contributed by atoms with Crippen molar-refractivity contribution < 1.29 is 4.79 Å². The molecule has 140 valence electrons. The molecular weight excluding hydrogens is 324 g/mol. The van der Waals surface area contributed by atoms with Crippen molar-refractivity contribution in [2.75, 3.05) is 18.0 Å². The number of anilines is 1. The second-order valence-corrected chi connectivity index (χ2v) is 7.31. The number of fused-ring (bicyclic) bond motifs is 1. The molecule has 0 bridgehead atoms. The van der Waals surface area contributed by atoms with Gasteiger partial charge in [0, 0.05) is 36.9 Å². The van der Waals surface area contributed by atoms with Crippen LogP contribution in [0, 0.1) is 0 Å². The first-order chi connectivity index (χ1) is 12.6. The number of amides is 1. The van der Waals surface area contributed by atoms with Crippen molar-refractivity contribution in [3.05, 3.63) is 30.1 Å². The molecule has 0 unspecified atom stereocenters. The van der Waals surface area contributed by atoms with Crippen molar-refractivity contribution >= 4 is 22.6 Å². The third-order valence-electron chi connectivity index (χ3n) is 4.96. The lowest BCUT2D eigenvalue weighted by Crippen LogP contribution is -2.36. The number of rotatable bonds is 9. The quantitative estimate of drug-likeness (QED) is 0.739. The molecule has 2 aromatic rings. The van der Waals surface area contributed by atoms with E-state index in [1.165, 1.54) is 12.8 Å². The number of nitrogens with zero attached hydrogens (tertiary/aromatic N) is 3. The van der Waals surface area contributed by atoms with Gasteiger partial charge in [-0.1, -0.05) is 26.0 Å². The summed E-state index contributed by atoms with van der Waals surface area (Å²) in [4.78, 5) is 24.2. The van der Waals surface area contributed by atoms with E-state index in [9.17, 15) is 4.79 Å². The van der Waals surface area contributed by atoms with Gasteiger partial charge in [-0.05, 0) is 44.7 Å². The van der Waals surface area contributed by atoms with Crippen LogP contribution < -0.4 is 10.2 Å². The summed E-state index contributed by atoms with van der Waals surface area (Å²) in [5.41, 5.74) is 1.00. The highest BCUT2D eigenvalue weighted by atomic mass is 16.1. The van der Waals surface area contributed by atoms with Crippen LogP contribution in [0.5, 0.6) is 0 Å². The van der Waals surface area contributed by atoms with Crippen molar-refractivity contribution in [1.82, 2.24) is 15.3 Å². The van der Waals surface area contributed by atoms with Crippen LogP contribution in [0.15, 0.2) is 24.3 Å². The Morgan fingerprint density at radius 3 is 2.69 bits per heavy atom. The standard InChI is InChI=1S/C21H30N4O/c1-4-13-25(14-12-19(26)22-15(3)5-2)21-17-8-6-7-9-18(17)23-20(24-21)16-10-11-16/h6-9,15-16H,4-5,10-14H2,1-3H3,(H,22,26)/t15-/m0/s1. The van der Waals surface area contributed by atoms with E-state index in [4.69, 9.17) is 9.97 Å². The van der Waals surface area contributed by atoms with E-state index in [0.717, 1.165) is 41.9 Å². The first kappa shape index (κ1) is 18.6. The molecule has 5 nitrogen and oxygen atoms in total. The van der Waals surface area contributed by atoms with Crippen molar-refractivity contribution in [3.63, 3.8) is 0 Å². The summed E-state index contributed by atoms with van der Waals surface area (Å²) in [6, 6.07) is 8.43. The fraction of sp³-hybridized carbons (Fsp3) is 0.571. The fourth-order valence-electron chi connectivity index (χ4n) is 3.12. The molecule has 0 radical (unpaired) electrons. The predicted molar refractivity (Wildman–Crippen MR) is 107 cm³/mol. The topological polar surface area (TPSA) is 58.1 Å². The minimum atomic E-state index is 0.112. The number of benzene rings is 1. The number of carbonyl (C=O) groups is 1. The smallest absolute Gasteiger partial charge is 0.221 e. The molecule has 1 fully saturated rings. The van der Waals surface area contributed by atoms with Crippen LogP contribution >= 0.6 is 0 Å². The van der Waals surface area contributed by atoms with Crippen LogP contribution in [-0.2, 0) is 4.79 Å². The van der Waals surface area contributed by atoms with Gasteiger partial charge >= 0.3 is 0 Å². The van der Waals surface area contributed by atoms with Crippen molar-refractivity contribution in [1.29, 1.82) is 0 Å². The molecule has 1 atom stereocenters. The maximum absolute atomic E-state index is 12.2. The van der Waals surface area contributed by atoms with E-state index in [2.05, 4.69) is 36.2 Å². The van der Waals surface area contributed by atoms with Gasteiger partial charge in [0.1, 0.15) is 11.6 Å². The van der Waals surface area contributed by atoms with Gasteiger partial charge in [-0.15, -0.1) is 0 Å². The minimum Gasteiger partial charge on any atom is -0.355 e. The zero-order valence-corrected chi connectivity index (χ0v) is 16.2. The minimum absolute atomic E-state index is 0.112. The van der Waals surface area contributed by atoms with Crippen LogP contribution in [0.4, 0.5) is 5.82 Å². The van der Waals surface area contributed by atoms with Gasteiger partial charge in [0.05, 0.1) is 5.52 Å². The Balaban J connectivity index is 1.83. The number of carbonyl (C=O) groups excluding carboxylic acids is 1. The van der Waals surface area contributed by atoms with Gasteiger partial charge in [0.15, 0.2) is 0 Å². The van der Waals surface area contributed by atoms with E-state index in [0.29, 0.717) is 18.9 Å². The van der Waals surface area contributed by atoms with Crippen molar-refractivity contribution in [2.24, 2.45) is 0 Å². The molecule has 5 heteroatoms. The summed E-state index contributed by atoms with van der Waals surface area (Å²) in [6.07, 6.45) is 4.82. The molecule has 1 aromatic carbocycles. The van der Waals surface area contributed by atoms with Gasteiger partial charge in [-0.3, -0.25) is 4.79 Å². The molecule has 1 aliphatic carbocycles. The molecule has 3 rings (SSSR count). The van der Waals surface area contributed by atoms with Crippen molar-refractivity contribution in [2.45, 2.75) is 64.8 Å². The van der Waals surface area contributed by atoms with Crippen LogP contribution in [0.3, 0.4) is 0 Å². The van der Waals surface area contributed by atoms with Gasteiger partial charge in [-0.2, -0.15) is 0 Å². The molecule has 1 saturated carbocycles. The lowest BCUT2D eigenvalue weighted by Gasteiger charge is -2.25. The Hall–Kier alpha value is -2.17. The monoisotopic (exact) mass is 354 g/mol. The number of hydrogen-bond acceptors (Lipinski definition) is 4. The number of para-hydroxylation sites is 1. The van der Waals surface area contributed by atoms with Crippen LogP contribution in [0.1, 0.15) is 64.6 Å². The molecule has 1 aliphatic rings. The molecule has 1 N–H and O–H groups in total. The molecule has 1 heterocycles. The summed E-state index contributed by atoms with van der Waals surface area (Å²) in [6.45, 7) is 7.86. The first-order valence-electron chi connectivity index (χ1n) is 9.93. The maximum atomic E-state index is 12.2. The normalized spacial score (nSPS) is 15.0. The highest BCUT2D eigenvalue weighted by Crippen LogP contribution is 2.39. The summed E-state index contributed by atoms with van der Waals surface area (Å²) in [5.74, 6) is 2.57. The number of nitrogens with one attached hydrogen (secondary N) is 1. The first-order valence-corrected chi connectivity index (χ1v) is 9.93. The molecule has 0 spiro atoms. The zero-order chi connectivity index (χ0) is 18.5. The highest BCUT2D eigenvalue weighted by molar-refractivity contribution is 5.89. The molecule has 0 aliphatic heterocycles. The molecule has 0 saturated heterocycles. The lowest BCUT2D eigenvalue weighted by atomic mass is 10.2. The summed E-state index contributed by atoms with van der Waals surface area (Å²) >= 11 is 0. The average Bonchev–Trinajstić information content (AvgIpc) is 3.49. The summed E-state index contributed by atoms with van der Waals surface area (Å²) < 4.78 is 0. The Morgan fingerprint density at radius 2 is 2.00 bits per heavy atom. The zero-order valence-electron chi connectivity index (χ0n) is 16.2. The fourth-order valence-corrected chi connectivity index (χ4v) is 3.12. The van der Waals surface area contributed by atoms with Gasteiger partial charge in [0.25, 0.3) is 0 Å². The van der Waals surface area contributed by atoms with Crippen LogP contribution in [0.2, 0.25) is 0 Å². The maximum Gasteiger partial charge on any atom is 0.221 e. The van der Waals surface area contributed by atoms with Gasteiger partial charge in [0.2, 0.25) is 5.91 Å². The molecule has 1 amide bonds. The molecule has 1 aromatic heterocycles. The highest BCUT2D eigenvalue weighted by Gasteiger charge is 2.28. The Bertz CT molecular complexity index is 757. The second kappa shape index (κ2) is 8.47. The van der Waals surface area contributed by atoms with Crippen molar-refractivity contribution in [3.8, 4) is 0 Å². The predicted octanol–water partition coefficient (Wildman–Crippen LogP) is 4.03. The average molecular weight is 354 g/mol. The van der Waals surface area contributed by atoms with E-state index >= 15 is 0 Å². The Kier molecular flexibility index (Phi) is 6.07. The summed E-state index contributed by atoms with van der Waals surface area (Å²) in [5, 5.41) is 4.13. The SMILES string of the molecule is CCCN(CCC(=O)N[C@@H](C)CC)c1nc(C2CC2)nc2ccccc12. The lowest BCUT2D eigenvalue weighted by molar-refractivity contribution is -0.121. The van der Waals surface area contributed by atoms with E-state index < -0.39 is 0 Å². The molecular formula is C21H30N4O. The second-order valence-electron chi connectivity index (χ2n) is 7.31. The Labute approximate surface area is 156 Å². The Morgan fingerprint density at radius 1 is 1.23 bits per heavy atom. The van der Waals surface area contributed by atoms with Crippen LogP contribution in [-0.4, -0.2) is 35.0 Å². The van der Waals surface area contributed by atoms with Gasteiger partial charge in [-0.25, -0.2) is 9.97 Å². The van der Waals surface area contributed by atoms with Crippen LogP contribution in [0.25, 0.3) is 10.9 Å². The number of hydrogen-bond donors (Lipinski definition) is 1. The summed E-state index contributed by atoms with van der Waals surface area (Å²) in [7, 11) is 0. The van der Waals surface area contributed by atoms with E-state index in [1.807, 2.05) is 19.1 Å². The third kappa shape index (κ3) is 4.51. The van der Waals surface area contributed by atoms with Gasteiger partial charge < -0.3 is 10.2 Å². The largest absolute Gasteiger partial charge is 0.355 e. The number of aromatic nitrogens is 2. The van der Waals surface area contributed by atoms with E-state index in [1.54, 1.807) is 0 Å². The molecule has 26 heavy (non-hydrogen) atoms. The van der Waals surface area contributed by atoms with E-state index in [-0.39, 0.29) is 11.9 Å².